The van der Waals surface area contributed by atoms with Crippen LogP contribution in [0.15, 0.2) is 48.5 Å². The van der Waals surface area contributed by atoms with Gasteiger partial charge in [0.1, 0.15) is 5.82 Å². The summed E-state index contributed by atoms with van der Waals surface area (Å²) in [5, 5.41) is 3.18. The van der Waals surface area contributed by atoms with E-state index in [4.69, 9.17) is 11.6 Å². The smallest absolute Gasteiger partial charge is 0.314 e. The second-order valence-corrected chi connectivity index (χ2v) is 6.17. The van der Waals surface area contributed by atoms with Gasteiger partial charge in [-0.2, -0.15) is 13.2 Å². The number of anilines is 1. The average molecular weight is 416 g/mol. The van der Waals surface area contributed by atoms with E-state index in [9.17, 15) is 31.9 Å². The summed E-state index contributed by atoms with van der Waals surface area (Å²) >= 11 is 5.67. The van der Waals surface area contributed by atoms with Crippen molar-refractivity contribution in [2.24, 2.45) is 0 Å². The van der Waals surface area contributed by atoms with Crippen LogP contribution in [0.1, 0.15) is 10.4 Å². The molecule has 146 valence electrons. The molecule has 1 aliphatic rings. The monoisotopic (exact) mass is 415 g/mol. The fraction of sp³-hybridized carbons (Fsp3) is 0.118. The zero-order chi connectivity index (χ0) is 20.7. The van der Waals surface area contributed by atoms with Crippen LogP contribution in [-0.4, -0.2) is 29.7 Å². The third kappa shape index (κ3) is 3.15. The second kappa shape index (κ2) is 6.79. The van der Waals surface area contributed by atoms with Gasteiger partial charge in [0.05, 0.1) is 5.69 Å². The molecule has 2 aromatic carbocycles. The van der Waals surface area contributed by atoms with Crippen LogP contribution >= 0.6 is 11.6 Å². The highest BCUT2D eigenvalue weighted by molar-refractivity contribution is 6.30. The summed E-state index contributed by atoms with van der Waals surface area (Å²) in [4.78, 5) is 37.0. The molecule has 11 heteroatoms. The summed E-state index contributed by atoms with van der Waals surface area (Å²) < 4.78 is 55.3. The van der Waals surface area contributed by atoms with Crippen LogP contribution in [0.25, 0.3) is 0 Å². The number of hydrogen-bond donors (Lipinski definition) is 2. The molecule has 0 aliphatic carbocycles. The lowest BCUT2D eigenvalue weighted by molar-refractivity contribution is -0.197. The zero-order valence-electron chi connectivity index (χ0n) is 13.7. The molecule has 1 atom stereocenters. The number of urea groups is 1. The number of alkyl halides is 3. The number of hydrogen-bond acceptors (Lipinski definition) is 3. The van der Waals surface area contributed by atoms with Gasteiger partial charge in [0.25, 0.3) is 17.5 Å². The molecule has 0 unspecified atom stereocenters. The van der Waals surface area contributed by atoms with E-state index >= 15 is 0 Å². The maximum absolute atomic E-state index is 13.9. The predicted molar refractivity (Wildman–Crippen MR) is 90.1 cm³/mol. The highest BCUT2D eigenvalue weighted by atomic mass is 35.5. The molecule has 1 aliphatic heterocycles. The number of amides is 4. The van der Waals surface area contributed by atoms with Crippen LogP contribution < -0.4 is 15.5 Å². The number of nitrogens with zero attached hydrogens (tertiary/aromatic N) is 1. The van der Waals surface area contributed by atoms with Gasteiger partial charge in [-0.3, -0.25) is 14.9 Å². The van der Waals surface area contributed by atoms with Crippen molar-refractivity contribution in [2.45, 2.75) is 11.8 Å². The molecule has 1 heterocycles. The zero-order valence-corrected chi connectivity index (χ0v) is 14.4. The Kier molecular flexibility index (Phi) is 4.76. The van der Waals surface area contributed by atoms with Crippen molar-refractivity contribution in [3.05, 3.63) is 64.9 Å². The summed E-state index contributed by atoms with van der Waals surface area (Å²) in [6.45, 7) is 0. The number of nitrogens with one attached hydrogen (secondary N) is 2. The summed E-state index contributed by atoms with van der Waals surface area (Å²) in [5.41, 5.74) is -4.68. The largest absolute Gasteiger partial charge is 0.440 e. The van der Waals surface area contributed by atoms with E-state index in [0.717, 1.165) is 24.3 Å². The molecule has 0 aromatic heterocycles. The quantitative estimate of drug-likeness (QED) is 0.597. The summed E-state index contributed by atoms with van der Waals surface area (Å²) in [6, 6.07) is 7.55. The van der Waals surface area contributed by atoms with Gasteiger partial charge in [-0.15, -0.1) is 0 Å². The number of carbonyl (C=O) groups excluding carboxylic acids is 3. The third-order valence-electron chi connectivity index (χ3n) is 3.95. The van der Waals surface area contributed by atoms with Crippen LogP contribution in [-0.2, 0) is 4.79 Å². The van der Waals surface area contributed by atoms with E-state index < -0.39 is 41.2 Å². The van der Waals surface area contributed by atoms with E-state index in [2.05, 4.69) is 0 Å². The van der Waals surface area contributed by atoms with Crippen molar-refractivity contribution >= 4 is 35.1 Å². The normalized spacial score (nSPS) is 19.5. The molecule has 4 amide bonds. The molecule has 0 saturated carbocycles. The average Bonchev–Trinajstić information content (AvgIpc) is 2.87. The summed E-state index contributed by atoms with van der Waals surface area (Å²) in [5.74, 6) is -4.27. The van der Waals surface area contributed by atoms with Crippen molar-refractivity contribution in [1.82, 2.24) is 10.6 Å². The maximum atomic E-state index is 13.9. The number of imide groups is 1. The van der Waals surface area contributed by atoms with Crippen LogP contribution in [0, 0.1) is 5.82 Å². The van der Waals surface area contributed by atoms with Gasteiger partial charge >= 0.3 is 12.2 Å². The van der Waals surface area contributed by atoms with Crippen molar-refractivity contribution in [3.63, 3.8) is 0 Å². The lowest BCUT2D eigenvalue weighted by atomic mass is 10.1. The van der Waals surface area contributed by atoms with Crippen molar-refractivity contribution in [1.29, 1.82) is 0 Å². The van der Waals surface area contributed by atoms with E-state index in [1.54, 1.807) is 0 Å². The number of rotatable bonds is 3. The minimum atomic E-state index is -5.41. The molecule has 0 spiro atoms. The van der Waals surface area contributed by atoms with Gasteiger partial charge in [0.2, 0.25) is 0 Å². The molecule has 1 fully saturated rings. The SMILES string of the molecule is O=C(N[C@]1(C(F)(F)F)NC(=O)N(c2ccccc2F)C1=O)c1ccc(Cl)cc1. The van der Waals surface area contributed by atoms with Crippen LogP contribution in [0.4, 0.5) is 28.0 Å². The van der Waals surface area contributed by atoms with Crippen LogP contribution in [0.3, 0.4) is 0 Å². The molecule has 3 rings (SSSR count). The van der Waals surface area contributed by atoms with Crippen LogP contribution in [0.5, 0.6) is 0 Å². The standard InChI is InChI=1S/C17H10ClF4N3O3/c18-10-7-5-9(6-8-10)13(26)23-16(17(20,21)22)14(27)25(15(28)24-16)12-4-2-1-3-11(12)19/h1-8H,(H,23,26)(H,24,28)/t16-/m0/s1. The molecule has 28 heavy (non-hydrogen) atoms. The van der Waals surface area contributed by atoms with Gasteiger partial charge in [0.15, 0.2) is 0 Å². The molecule has 0 radical (unpaired) electrons. The first-order valence-corrected chi connectivity index (χ1v) is 8.00. The molecule has 1 saturated heterocycles. The molecule has 0 bridgehead atoms. The van der Waals surface area contributed by atoms with E-state index in [1.165, 1.54) is 34.9 Å². The van der Waals surface area contributed by atoms with Gasteiger partial charge in [-0.05, 0) is 36.4 Å². The Labute approximate surface area is 160 Å². The Morgan fingerprint density at radius 1 is 1.07 bits per heavy atom. The Hall–Kier alpha value is -3.14. The van der Waals surface area contributed by atoms with E-state index in [0.29, 0.717) is 0 Å². The summed E-state index contributed by atoms with van der Waals surface area (Å²) in [6.07, 6.45) is -5.41. The van der Waals surface area contributed by atoms with Crippen LogP contribution in [0.2, 0.25) is 5.02 Å². The van der Waals surface area contributed by atoms with E-state index in [-0.39, 0.29) is 15.5 Å². The minimum absolute atomic E-state index is 0.00896. The Bertz CT molecular complexity index is 965. The summed E-state index contributed by atoms with van der Waals surface area (Å²) in [7, 11) is 0. The highest BCUT2D eigenvalue weighted by Crippen LogP contribution is 2.36. The lowest BCUT2D eigenvalue weighted by Crippen LogP contribution is -2.69. The fourth-order valence-corrected chi connectivity index (χ4v) is 2.70. The third-order valence-corrected chi connectivity index (χ3v) is 4.20. The lowest BCUT2D eigenvalue weighted by Gasteiger charge is -2.29. The Morgan fingerprint density at radius 3 is 2.25 bits per heavy atom. The van der Waals surface area contributed by atoms with Gasteiger partial charge in [0, 0.05) is 10.6 Å². The second-order valence-electron chi connectivity index (χ2n) is 5.73. The molecule has 2 N–H and O–H groups in total. The van der Waals surface area contributed by atoms with Gasteiger partial charge in [-0.1, -0.05) is 23.7 Å². The molecular formula is C17H10ClF4N3O3. The Morgan fingerprint density at radius 2 is 1.68 bits per heavy atom. The first-order valence-electron chi connectivity index (χ1n) is 7.63. The topological polar surface area (TPSA) is 78.5 Å². The number of para-hydroxylation sites is 1. The number of carbonyl (C=O) groups is 3. The van der Waals surface area contributed by atoms with Crippen molar-refractivity contribution < 1.29 is 31.9 Å². The first-order chi connectivity index (χ1) is 13.1. The number of benzene rings is 2. The van der Waals surface area contributed by atoms with E-state index in [1.807, 2.05) is 0 Å². The Balaban J connectivity index is 2.02. The molecule has 2 aromatic rings. The van der Waals surface area contributed by atoms with Crippen molar-refractivity contribution in [3.8, 4) is 0 Å². The molecule has 6 nitrogen and oxygen atoms in total. The highest BCUT2D eigenvalue weighted by Gasteiger charge is 2.69. The van der Waals surface area contributed by atoms with Crippen molar-refractivity contribution in [2.75, 3.05) is 4.90 Å². The fourth-order valence-electron chi connectivity index (χ4n) is 2.57. The first kappa shape index (κ1) is 19.6. The predicted octanol–water partition coefficient (Wildman–Crippen LogP) is 3.22. The molecular weight excluding hydrogens is 406 g/mol. The van der Waals surface area contributed by atoms with Gasteiger partial charge in [-0.25, -0.2) is 14.1 Å². The number of halogens is 5. The van der Waals surface area contributed by atoms with Gasteiger partial charge < -0.3 is 5.32 Å². The maximum Gasteiger partial charge on any atom is 0.440 e. The minimum Gasteiger partial charge on any atom is -0.314 e.